The molecule has 0 aliphatic heterocycles. The summed E-state index contributed by atoms with van der Waals surface area (Å²) in [6.45, 7) is 2.27. The molecule has 0 saturated carbocycles. The van der Waals surface area contributed by atoms with Crippen molar-refractivity contribution in [1.29, 1.82) is 0 Å². The molecule has 0 saturated heterocycles. The molecule has 1 rings (SSSR count). The number of benzene rings is 1. The number of hydrogen-bond acceptors (Lipinski definition) is 1. The Bertz CT molecular complexity index is 339. The lowest BCUT2D eigenvalue weighted by Crippen LogP contribution is -2.21. The highest BCUT2D eigenvalue weighted by Crippen LogP contribution is 2.23. The first-order valence-electron chi connectivity index (χ1n) is 8.70. The van der Waals surface area contributed by atoms with Crippen molar-refractivity contribution in [2.75, 3.05) is 0 Å². The summed E-state index contributed by atoms with van der Waals surface area (Å²) in [6.07, 6.45) is 13.2. The monoisotopic (exact) mass is 309 g/mol. The van der Waals surface area contributed by atoms with Crippen molar-refractivity contribution < 1.29 is 0 Å². The zero-order valence-electron chi connectivity index (χ0n) is 13.6. The van der Waals surface area contributed by atoms with E-state index >= 15 is 0 Å². The van der Waals surface area contributed by atoms with Crippen LogP contribution >= 0.6 is 11.6 Å². The minimum absolute atomic E-state index is 0.0399. The van der Waals surface area contributed by atoms with Crippen molar-refractivity contribution in [2.24, 2.45) is 5.73 Å². The third-order valence-corrected chi connectivity index (χ3v) is 4.65. The lowest BCUT2D eigenvalue weighted by atomic mass is 9.99. The molecule has 1 nitrogen and oxygen atoms in total. The summed E-state index contributed by atoms with van der Waals surface area (Å²) < 4.78 is 0. The zero-order valence-corrected chi connectivity index (χ0v) is 14.3. The minimum Gasteiger partial charge on any atom is -0.323 e. The van der Waals surface area contributed by atoms with Crippen molar-refractivity contribution >= 4 is 11.6 Å². The summed E-state index contributed by atoms with van der Waals surface area (Å²) in [5, 5.41) is 0.0527. The second-order valence-corrected chi connectivity index (χ2v) is 6.63. The van der Waals surface area contributed by atoms with Gasteiger partial charge in [0.1, 0.15) is 0 Å². The first kappa shape index (κ1) is 18.5. The molecule has 1 aromatic carbocycles. The highest BCUT2D eigenvalue weighted by Gasteiger charge is 2.15. The van der Waals surface area contributed by atoms with Gasteiger partial charge >= 0.3 is 0 Å². The van der Waals surface area contributed by atoms with Crippen LogP contribution in [-0.4, -0.2) is 5.38 Å². The summed E-state index contributed by atoms with van der Waals surface area (Å²) in [4.78, 5) is 0. The molecule has 0 fully saturated rings. The average Bonchev–Trinajstić information content (AvgIpc) is 2.53. The Labute approximate surface area is 136 Å². The third-order valence-electron chi connectivity index (χ3n) is 4.16. The van der Waals surface area contributed by atoms with E-state index in [9.17, 15) is 0 Å². The van der Waals surface area contributed by atoms with Crippen LogP contribution < -0.4 is 5.73 Å². The first-order chi connectivity index (χ1) is 10.3. The Kier molecular flexibility index (Phi) is 10.6. The molecule has 21 heavy (non-hydrogen) atoms. The van der Waals surface area contributed by atoms with Gasteiger partial charge in [0.2, 0.25) is 0 Å². The molecule has 120 valence electrons. The van der Waals surface area contributed by atoms with Crippen LogP contribution in [0.5, 0.6) is 0 Å². The summed E-state index contributed by atoms with van der Waals surface area (Å²) in [5.41, 5.74) is 7.36. The lowest BCUT2D eigenvalue weighted by molar-refractivity contribution is 0.533. The van der Waals surface area contributed by atoms with Gasteiger partial charge < -0.3 is 5.73 Å². The van der Waals surface area contributed by atoms with E-state index in [-0.39, 0.29) is 11.4 Å². The quantitative estimate of drug-likeness (QED) is 0.360. The molecule has 0 bridgehead atoms. The zero-order chi connectivity index (χ0) is 15.3. The third kappa shape index (κ3) is 8.48. The van der Waals surface area contributed by atoms with E-state index in [0.29, 0.717) is 0 Å². The fraction of sp³-hybridized carbons (Fsp3) is 0.684. The number of alkyl halides is 1. The van der Waals surface area contributed by atoms with Gasteiger partial charge in [0.15, 0.2) is 0 Å². The highest BCUT2D eigenvalue weighted by atomic mass is 35.5. The Hall–Kier alpha value is -0.530. The molecular formula is C19H32ClN. The van der Waals surface area contributed by atoms with Crippen LogP contribution in [0.3, 0.4) is 0 Å². The minimum atomic E-state index is -0.0399. The number of nitrogens with two attached hydrogens (primary N) is 1. The van der Waals surface area contributed by atoms with E-state index in [0.717, 1.165) is 12.0 Å². The SMILES string of the molecule is CCCCCCCCCCCC(Cl)C(N)c1ccccc1. The van der Waals surface area contributed by atoms with E-state index in [2.05, 4.69) is 19.1 Å². The number of rotatable bonds is 12. The fourth-order valence-electron chi connectivity index (χ4n) is 2.71. The molecule has 0 radical (unpaired) electrons. The Morgan fingerprint density at radius 1 is 0.857 bits per heavy atom. The number of unbranched alkanes of at least 4 members (excludes halogenated alkanes) is 8. The molecule has 0 aromatic heterocycles. The van der Waals surface area contributed by atoms with Crippen molar-refractivity contribution in [3.05, 3.63) is 35.9 Å². The molecule has 0 spiro atoms. The van der Waals surface area contributed by atoms with Crippen LogP contribution in [0, 0.1) is 0 Å². The van der Waals surface area contributed by atoms with Crippen molar-refractivity contribution in [3.63, 3.8) is 0 Å². The normalized spacial score (nSPS) is 14.0. The molecule has 1 aromatic rings. The first-order valence-corrected chi connectivity index (χ1v) is 9.14. The van der Waals surface area contributed by atoms with E-state index < -0.39 is 0 Å². The van der Waals surface area contributed by atoms with Crippen LogP contribution in [0.1, 0.15) is 82.7 Å². The predicted molar refractivity (Wildman–Crippen MR) is 94.9 cm³/mol. The van der Waals surface area contributed by atoms with Crippen LogP contribution in [0.2, 0.25) is 0 Å². The van der Waals surface area contributed by atoms with E-state index in [1.54, 1.807) is 0 Å². The fourth-order valence-corrected chi connectivity index (χ4v) is 3.01. The van der Waals surface area contributed by atoms with Gasteiger partial charge in [0.05, 0.1) is 5.38 Å². The topological polar surface area (TPSA) is 26.0 Å². The summed E-state index contributed by atoms with van der Waals surface area (Å²) in [5.74, 6) is 0. The molecular weight excluding hydrogens is 278 g/mol. The van der Waals surface area contributed by atoms with Gasteiger partial charge in [-0.15, -0.1) is 11.6 Å². The molecule has 0 amide bonds. The molecule has 2 heteroatoms. The van der Waals surface area contributed by atoms with Gasteiger partial charge in [-0.1, -0.05) is 95.0 Å². The maximum absolute atomic E-state index is 6.44. The van der Waals surface area contributed by atoms with E-state index in [1.165, 1.54) is 57.8 Å². The smallest absolute Gasteiger partial charge is 0.0528 e. The number of halogens is 1. The highest BCUT2D eigenvalue weighted by molar-refractivity contribution is 6.21. The predicted octanol–water partition coefficient (Wildman–Crippen LogP) is 6.21. The van der Waals surface area contributed by atoms with Crippen LogP contribution in [0.4, 0.5) is 0 Å². The standard InChI is InChI=1S/C19H32ClN/c1-2-3-4-5-6-7-8-9-13-16-18(20)19(21)17-14-11-10-12-15-17/h10-12,14-15,18-19H,2-9,13,16,21H2,1H3. The van der Waals surface area contributed by atoms with Crippen LogP contribution in [0.25, 0.3) is 0 Å². The van der Waals surface area contributed by atoms with E-state index in [4.69, 9.17) is 17.3 Å². The molecule has 2 N–H and O–H groups in total. The van der Waals surface area contributed by atoms with Crippen LogP contribution in [-0.2, 0) is 0 Å². The maximum atomic E-state index is 6.44. The van der Waals surface area contributed by atoms with Gasteiger partial charge in [-0.2, -0.15) is 0 Å². The Balaban J connectivity index is 2.02. The molecule has 0 aliphatic carbocycles. The van der Waals surface area contributed by atoms with Crippen molar-refractivity contribution in [2.45, 2.75) is 82.6 Å². The summed E-state index contributed by atoms with van der Waals surface area (Å²) in [6, 6.07) is 10.2. The Morgan fingerprint density at radius 2 is 1.38 bits per heavy atom. The molecule has 0 heterocycles. The second kappa shape index (κ2) is 12.1. The van der Waals surface area contributed by atoms with Gasteiger partial charge in [-0.05, 0) is 12.0 Å². The molecule has 0 aliphatic rings. The van der Waals surface area contributed by atoms with E-state index in [1.807, 2.05) is 18.2 Å². The number of hydrogen-bond donors (Lipinski definition) is 1. The average molecular weight is 310 g/mol. The van der Waals surface area contributed by atoms with Crippen molar-refractivity contribution in [3.8, 4) is 0 Å². The van der Waals surface area contributed by atoms with Gasteiger partial charge in [0, 0.05) is 6.04 Å². The van der Waals surface area contributed by atoms with Gasteiger partial charge in [0.25, 0.3) is 0 Å². The van der Waals surface area contributed by atoms with Crippen molar-refractivity contribution in [1.82, 2.24) is 0 Å². The maximum Gasteiger partial charge on any atom is 0.0528 e. The van der Waals surface area contributed by atoms with Gasteiger partial charge in [-0.25, -0.2) is 0 Å². The summed E-state index contributed by atoms with van der Waals surface area (Å²) >= 11 is 6.44. The Morgan fingerprint density at radius 3 is 1.95 bits per heavy atom. The largest absolute Gasteiger partial charge is 0.323 e. The van der Waals surface area contributed by atoms with Gasteiger partial charge in [-0.3, -0.25) is 0 Å². The molecule has 2 unspecified atom stereocenters. The summed E-state index contributed by atoms with van der Waals surface area (Å²) in [7, 11) is 0. The second-order valence-electron chi connectivity index (χ2n) is 6.07. The molecule has 2 atom stereocenters. The van der Waals surface area contributed by atoms with Crippen LogP contribution in [0.15, 0.2) is 30.3 Å². The lowest BCUT2D eigenvalue weighted by Gasteiger charge is -2.18.